The molecule has 5 heteroatoms. The molecule has 0 spiro atoms. The Hall–Kier alpha value is -1.88. The van der Waals surface area contributed by atoms with Gasteiger partial charge >= 0.3 is 0 Å². The van der Waals surface area contributed by atoms with E-state index >= 15 is 0 Å². The molecule has 2 amide bonds. The maximum Gasteiger partial charge on any atom is 0.242 e. The van der Waals surface area contributed by atoms with Gasteiger partial charge in [0.25, 0.3) is 0 Å². The fourth-order valence-corrected chi connectivity index (χ4v) is 2.67. The molecule has 0 radical (unpaired) electrons. The van der Waals surface area contributed by atoms with Gasteiger partial charge < -0.3 is 15.0 Å². The second-order valence-corrected chi connectivity index (χ2v) is 7.10. The lowest BCUT2D eigenvalue weighted by Crippen LogP contribution is -2.47. The zero-order chi connectivity index (χ0) is 16.9. The van der Waals surface area contributed by atoms with Gasteiger partial charge in [-0.25, -0.2) is 0 Å². The fraction of sp³-hybridized carbons (Fsp3) is 0.556. The summed E-state index contributed by atoms with van der Waals surface area (Å²) in [6.07, 6.45) is 0.408. The third-order valence-electron chi connectivity index (χ3n) is 3.76. The van der Waals surface area contributed by atoms with Gasteiger partial charge in [0, 0.05) is 13.0 Å². The van der Waals surface area contributed by atoms with Gasteiger partial charge in [-0.3, -0.25) is 9.59 Å². The van der Waals surface area contributed by atoms with E-state index in [2.05, 4.69) is 5.32 Å². The minimum atomic E-state index is -0.0876. The number of rotatable bonds is 4. The topological polar surface area (TPSA) is 58.6 Å². The normalized spacial score (nSPS) is 18.6. The molecule has 1 fully saturated rings. The first-order valence-corrected chi connectivity index (χ1v) is 8.06. The van der Waals surface area contributed by atoms with Crippen molar-refractivity contribution in [3.05, 3.63) is 35.9 Å². The van der Waals surface area contributed by atoms with Crippen LogP contribution in [0.25, 0.3) is 0 Å². The Morgan fingerprint density at radius 1 is 1.26 bits per heavy atom. The SMILES string of the molecule is CC(C)(C)CC(=O)NCC(=O)N1CCOC[C@@H]1c1ccccc1. The van der Waals surface area contributed by atoms with Crippen LogP contribution in [0.15, 0.2) is 30.3 Å². The highest BCUT2D eigenvalue weighted by Gasteiger charge is 2.28. The number of nitrogens with one attached hydrogen (secondary N) is 1. The summed E-state index contributed by atoms with van der Waals surface area (Å²) in [4.78, 5) is 26.2. The highest BCUT2D eigenvalue weighted by atomic mass is 16.5. The van der Waals surface area contributed by atoms with E-state index in [1.54, 1.807) is 4.90 Å². The van der Waals surface area contributed by atoms with Gasteiger partial charge in [0.1, 0.15) is 0 Å². The zero-order valence-corrected chi connectivity index (χ0v) is 14.2. The van der Waals surface area contributed by atoms with E-state index in [-0.39, 0.29) is 29.8 Å². The monoisotopic (exact) mass is 318 g/mol. The zero-order valence-electron chi connectivity index (χ0n) is 14.2. The number of hydrogen-bond donors (Lipinski definition) is 1. The van der Waals surface area contributed by atoms with E-state index in [0.717, 1.165) is 5.56 Å². The van der Waals surface area contributed by atoms with Crippen molar-refractivity contribution in [3.63, 3.8) is 0 Å². The number of morpholine rings is 1. The molecule has 5 nitrogen and oxygen atoms in total. The second-order valence-electron chi connectivity index (χ2n) is 7.10. The Balaban J connectivity index is 1.95. The molecule has 23 heavy (non-hydrogen) atoms. The molecular weight excluding hydrogens is 292 g/mol. The number of nitrogens with zero attached hydrogens (tertiary/aromatic N) is 1. The Morgan fingerprint density at radius 3 is 2.61 bits per heavy atom. The van der Waals surface area contributed by atoms with Crippen molar-refractivity contribution in [2.24, 2.45) is 5.41 Å². The van der Waals surface area contributed by atoms with Crippen LogP contribution in [0.5, 0.6) is 0 Å². The lowest BCUT2D eigenvalue weighted by Gasteiger charge is -2.36. The Bertz CT molecular complexity index is 537. The van der Waals surface area contributed by atoms with Crippen molar-refractivity contribution in [2.45, 2.75) is 33.2 Å². The van der Waals surface area contributed by atoms with Gasteiger partial charge in [0.2, 0.25) is 11.8 Å². The smallest absolute Gasteiger partial charge is 0.242 e. The maximum atomic E-state index is 12.5. The molecule has 0 unspecified atom stereocenters. The van der Waals surface area contributed by atoms with Crippen molar-refractivity contribution in [1.82, 2.24) is 10.2 Å². The predicted molar refractivity (Wildman–Crippen MR) is 88.8 cm³/mol. The Morgan fingerprint density at radius 2 is 1.96 bits per heavy atom. The van der Waals surface area contributed by atoms with Gasteiger partial charge in [-0.15, -0.1) is 0 Å². The Kier molecular flexibility index (Phi) is 5.77. The second kappa shape index (κ2) is 7.59. The molecule has 1 aromatic rings. The number of amides is 2. The first kappa shape index (κ1) is 17.5. The third kappa shape index (κ3) is 5.36. The molecular formula is C18H26N2O3. The predicted octanol–water partition coefficient (Wildman–Crippen LogP) is 2.14. The van der Waals surface area contributed by atoms with Crippen LogP contribution in [0.3, 0.4) is 0 Å². The summed E-state index contributed by atoms with van der Waals surface area (Å²) in [5.41, 5.74) is 0.972. The lowest BCUT2D eigenvalue weighted by atomic mass is 9.92. The summed E-state index contributed by atoms with van der Waals surface area (Å²) >= 11 is 0. The molecule has 0 aliphatic carbocycles. The van der Waals surface area contributed by atoms with E-state index in [0.29, 0.717) is 26.2 Å². The largest absolute Gasteiger partial charge is 0.377 e. The molecule has 0 aromatic heterocycles. The summed E-state index contributed by atoms with van der Waals surface area (Å²) in [5.74, 6) is -0.153. The van der Waals surface area contributed by atoms with Crippen LogP contribution < -0.4 is 5.32 Å². The average molecular weight is 318 g/mol. The summed E-state index contributed by atoms with van der Waals surface area (Å²) in [6, 6.07) is 9.77. The number of carbonyl (C=O) groups excluding carboxylic acids is 2. The number of benzene rings is 1. The van der Waals surface area contributed by atoms with E-state index in [9.17, 15) is 9.59 Å². The lowest BCUT2D eigenvalue weighted by molar-refractivity contribution is -0.140. The molecule has 126 valence electrons. The van der Waals surface area contributed by atoms with Crippen molar-refractivity contribution in [2.75, 3.05) is 26.3 Å². The highest BCUT2D eigenvalue weighted by molar-refractivity contribution is 5.85. The van der Waals surface area contributed by atoms with Crippen LogP contribution in [-0.2, 0) is 14.3 Å². The molecule has 1 aliphatic rings. The molecule has 1 atom stereocenters. The minimum absolute atomic E-state index is 0.0399. The van der Waals surface area contributed by atoms with Gasteiger partial charge in [-0.1, -0.05) is 51.1 Å². The van der Waals surface area contributed by atoms with Crippen LogP contribution in [0.2, 0.25) is 0 Å². The quantitative estimate of drug-likeness (QED) is 0.925. The third-order valence-corrected chi connectivity index (χ3v) is 3.76. The van der Waals surface area contributed by atoms with Gasteiger partial charge in [-0.2, -0.15) is 0 Å². The van der Waals surface area contributed by atoms with Gasteiger partial charge in [0.15, 0.2) is 0 Å². The van der Waals surface area contributed by atoms with E-state index in [1.165, 1.54) is 0 Å². The standard InChI is InChI=1S/C18H26N2O3/c1-18(2,3)11-16(21)19-12-17(22)20-9-10-23-13-15(20)14-7-5-4-6-8-14/h4-8,15H,9-13H2,1-3H3,(H,19,21)/t15-/m1/s1. The van der Waals surface area contributed by atoms with Gasteiger partial charge in [0.05, 0.1) is 25.8 Å². The first-order valence-electron chi connectivity index (χ1n) is 8.06. The summed E-state index contributed by atoms with van der Waals surface area (Å²) in [7, 11) is 0. The van der Waals surface area contributed by atoms with Crippen LogP contribution in [0, 0.1) is 5.41 Å². The molecule has 0 bridgehead atoms. The van der Waals surface area contributed by atoms with E-state index < -0.39 is 0 Å². The molecule has 1 N–H and O–H groups in total. The van der Waals surface area contributed by atoms with Crippen molar-refractivity contribution in [1.29, 1.82) is 0 Å². The average Bonchev–Trinajstić information content (AvgIpc) is 2.52. The first-order chi connectivity index (χ1) is 10.9. The summed E-state index contributed by atoms with van der Waals surface area (Å²) < 4.78 is 5.53. The van der Waals surface area contributed by atoms with Crippen molar-refractivity contribution in [3.8, 4) is 0 Å². The van der Waals surface area contributed by atoms with Crippen LogP contribution in [0.1, 0.15) is 38.8 Å². The molecule has 0 saturated carbocycles. The molecule has 2 rings (SSSR count). The van der Waals surface area contributed by atoms with E-state index in [1.807, 2.05) is 51.1 Å². The van der Waals surface area contributed by atoms with Crippen LogP contribution in [-0.4, -0.2) is 43.0 Å². The minimum Gasteiger partial charge on any atom is -0.377 e. The maximum absolute atomic E-state index is 12.5. The van der Waals surface area contributed by atoms with Crippen LogP contribution in [0.4, 0.5) is 0 Å². The van der Waals surface area contributed by atoms with Gasteiger partial charge in [-0.05, 0) is 11.0 Å². The molecule has 1 aliphatic heterocycles. The summed E-state index contributed by atoms with van der Waals surface area (Å²) in [6.45, 7) is 7.62. The van der Waals surface area contributed by atoms with Crippen molar-refractivity contribution < 1.29 is 14.3 Å². The number of hydrogen-bond acceptors (Lipinski definition) is 3. The fourth-order valence-electron chi connectivity index (χ4n) is 2.67. The van der Waals surface area contributed by atoms with Crippen molar-refractivity contribution >= 4 is 11.8 Å². The number of ether oxygens (including phenoxy) is 1. The van der Waals surface area contributed by atoms with E-state index in [4.69, 9.17) is 4.74 Å². The molecule has 1 aromatic carbocycles. The van der Waals surface area contributed by atoms with Crippen LogP contribution >= 0.6 is 0 Å². The molecule has 1 heterocycles. The number of carbonyl (C=O) groups is 2. The molecule has 1 saturated heterocycles. The Labute approximate surface area is 138 Å². The summed E-state index contributed by atoms with van der Waals surface area (Å²) in [5, 5.41) is 2.74. The highest BCUT2D eigenvalue weighted by Crippen LogP contribution is 2.24.